The van der Waals surface area contributed by atoms with Crippen LogP contribution < -0.4 is 15.1 Å². The molecule has 3 heteroatoms. The maximum atomic E-state index is 3.74. The Kier molecular flexibility index (Phi) is 4.35. The van der Waals surface area contributed by atoms with E-state index in [-0.39, 0.29) is 0 Å². The molecular weight excluding hydrogens is 356 g/mol. The molecule has 2 aliphatic heterocycles. The molecule has 142 valence electrons. The first-order valence-corrected chi connectivity index (χ1v) is 13.2. The summed E-state index contributed by atoms with van der Waals surface area (Å²) in [6.45, 7) is 3.39. The predicted octanol–water partition coefficient (Wildman–Crippen LogP) is 5.03. The number of aromatic nitrogens is 1. The molecule has 1 spiro atoms. The SMILES string of the molecule is Cc1ccc(-c2ccccc2)cc1-c1cc2c(c[n+]1C)[Si]1(CCCC1)CCN2. The normalized spacial score (nSPS) is 17.4. The summed E-state index contributed by atoms with van der Waals surface area (Å²) in [6, 6.07) is 24.4. The van der Waals surface area contributed by atoms with E-state index in [1.165, 1.54) is 64.6 Å². The van der Waals surface area contributed by atoms with Gasteiger partial charge in [0.15, 0.2) is 6.20 Å². The van der Waals surface area contributed by atoms with Crippen LogP contribution in [0.1, 0.15) is 18.4 Å². The second-order valence-corrected chi connectivity index (χ2v) is 13.3. The summed E-state index contributed by atoms with van der Waals surface area (Å²) >= 11 is 0. The van der Waals surface area contributed by atoms with Crippen molar-refractivity contribution in [2.24, 2.45) is 7.05 Å². The smallest absolute Gasteiger partial charge is 0.214 e. The largest absolute Gasteiger partial charge is 0.385 e. The average molecular weight is 386 g/mol. The molecule has 0 amide bonds. The summed E-state index contributed by atoms with van der Waals surface area (Å²) in [7, 11) is 0.976. The van der Waals surface area contributed by atoms with Gasteiger partial charge in [-0.05, 0) is 35.7 Å². The average Bonchev–Trinajstić information content (AvgIpc) is 3.19. The van der Waals surface area contributed by atoms with Crippen molar-refractivity contribution in [3.05, 3.63) is 66.4 Å². The minimum Gasteiger partial charge on any atom is -0.385 e. The summed E-state index contributed by atoms with van der Waals surface area (Å²) in [5.74, 6) is 0. The van der Waals surface area contributed by atoms with Crippen molar-refractivity contribution < 1.29 is 4.57 Å². The number of aryl methyl sites for hydroxylation is 2. The molecule has 2 nitrogen and oxygen atoms in total. The lowest BCUT2D eigenvalue weighted by molar-refractivity contribution is -0.659. The van der Waals surface area contributed by atoms with Gasteiger partial charge in [0.25, 0.3) is 0 Å². The predicted molar refractivity (Wildman–Crippen MR) is 121 cm³/mol. The number of hydrogen-bond donors (Lipinski definition) is 1. The van der Waals surface area contributed by atoms with Crippen molar-refractivity contribution in [2.75, 3.05) is 11.9 Å². The zero-order valence-corrected chi connectivity index (χ0v) is 18.0. The van der Waals surface area contributed by atoms with Crippen LogP contribution in [0.2, 0.25) is 18.1 Å². The Hall–Kier alpha value is -2.39. The zero-order valence-electron chi connectivity index (χ0n) is 17.0. The van der Waals surface area contributed by atoms with Gasteiger partial charge in [-0.1, -0.05) is 67.4 Å². The van der Waals surface area contributed by atoms with E-state index in [4.69, 9.17) is 0 Å². The molecule has 3 heterocycles. The monoisotopic (exact) mass is 385 g/mol. The maximum absolute atomic E-state index is 3.74. The number of anilines is 1. The number of pyridine rings is 1. The first-order chi connectivity index (χ1) is 13.7. The highest BCUT2D eigenvalue weighted by atomic mass is 28.3. The van der Waals surface area contributed by atoms with Gasteiger partial charge < -0.3 is 5.32 Å². The fourth-order valence-corrected chi connectivity index (χ4v) is 10.6. The van der Waals surface area contributed by atoms with Gasteiger partial charge in [0.1, 0.15) is 7.05 Å². The molecule has 0 radical (unpaired) electrons. The lowest BCUT2D eigenvalue weighted by Crippen LogP contribution is -2.54. The first kappa shape index (κ1) is 17.7. The first-order valence-electron chi connectivity index (χ1n) is 10.6. The molecule has 1 N–H and O–H groups in total. The number of rotatable bonds is 2. The maximum Gasteiger partial charge on any atom is 0.214 e. The van der Waals surface area contributed by atoms with Gasteiger partial charge in [-0.15, -0.1) is 0 Å². The summed E-state index contributed by atoms with van der Waals surface area (Å²) in [4.78, 5) is 0. The van der Waals surface area contributed by atoms with Crippen molar-refractivity contribution in [3.8, 4) is 22.4 Å². The highest BCUT2D eigenvalue weighted by molar-refractivity contribution is 6.93. The lowest BCUT2D eigenvalue weighted by Gasteiger charge is -2.33. The minimum atomic E-state index is -1.26. The summed E-state index contributed by atoms with van der Waals surface area (Å²) in [6.07, 6.45) is 5.35. The molecule has 1 aromatic heterocycles. The Morgan fingerprint density at radius 1 is 0.893 bits per heavy atom. The van der Waals surface area contributed by atoms with Gasteiger partial charge >= 0.3 is 0 Å². The van der Waals surface area contributed by atoms with Gasteiger partial charge in [0.2, 0.25) is 5.69 Å². The summed E-state index contributed by atoms with van der Waals surface area (Å²) in [5.41, 5.74) is 7.95. The minimum absolute atomic E-state index is 1.16. The van der Waals surface area contributed by atoms with Crippen LogP contribution in [0.3, 0.4) is 0 Å². The van der Waals surface area contributed by atoms with E-state index in [1.54, 1.807) is 5.19 Å². The molecular formula is C25H29N2Si+. The standard InChI is InChI=1S/C25H28N2Si/c1-19-10-11-21(20-8-4-3-5-9-20)16-22(19)24-17-23-25(18-27(24)2)28(15-12-26-23)13-6-7-14-28/h3-5,8-11,16-18H,6-7,12-15H2,1-2H3/p+1. The Morgan fingerprint density at radius 3 is 2.46 bits per heavy atom. The molecule has 0 unspecified atom stereocenters. The van der Waals surface area contributed by atoms with Crippen molar-refractivity contribution in [1.82, 2.24) is 0 Å². The molecule has 28 heavy (non-hydrogen) atoms. The summed E-state index contributed by atoms with van der Waals surface area (Å²) < 4.78 is 2.38. The Bertz CT molecular complexity index is 1020. The molecule has 0 aliphatic carbocycles. The van der Waals surface area contributed by atoms with Gasteiger partial charge in [-0.2, -0.15) is 0 Å². The summed E-state index contributed by atoms with van der Waals surface area (Å²) in [5, 5.41) is 5.42. The second kappa shape index (κ2) is 6.89. The van der Waals surface area contributed by atoms with Gasteiger partial charge in [0, 0.05) is 29.0 Å². The van der Waals surface area contributed by atoms with E-state index >= 15 is 0 Å². The number of nitrogens with one attached hydrogen (secondary N) is 1. The van der Waals surface area contributed by atoms with E-state index in [0.717, 1.165) is 6.54 Å². The number of fused-ring (bicyclic) bond motifs is 2. The molecule has 1 fully saturated rings. The van der Waals surface area contributed by atoms with Crippen LogP contribution in [0.5, 0.6) is 0 Å². The van der Waals surface area contributed by atoms with Gasteiger partial charge in [0.05, 0.1) is 8.07 Å². The number of benzene rings is 2. The second-order valence-electron chi connectivity index (χ2n) is 8.66. The van der Waals surface area contributed by atoms with E-state index in [1.807, 2.05) is 0 Å². The van der Waals surface area contributed by atoms with Crippen molar-refractivity contribution in [3.63, 3.8) is 0 Å². The molecule has 0 bridgehead atoms. The van der Waals surface area contributed by atoms with Crippen LogP contribution >= 0.6 is 0 Å². The Labute approximate surface area is 169 Å². The third-order valence-electron chi connectivity index (χ3n) is 6.95. The van der Waals surface area contributed by atoms with Crippen molar-refractivity contribution in [2.45, 2.75) is 37.9 Å². The van der Waals surface area contributed by atoms with Crippen LogP contribution in [-0.2, 0) is 7.05 Å². The quantitative estimate of drug-likeness (QED) is 0.483. The van der Waals surface area contributed by atoms with Crippen LogP contribution in [0.4, 0.5) is 5.69 Å². The Balaban J connectivity index is 1.63. The van der Waals surface area contributed by atoms with Crippen molar-refractivity contribution >= 4 is 18.9 Å². The van der Waals surface area contributed by atoms with E-state index in [2.05, 4.69) is 84.6 Å². The Morgan fingerprint density at radius 2 is 1.68 bits per heavy atom. The lowest BCUT2D eigenvalue weighted by atomic mass is 9.97. The molecule has 5 rings (SSSR count). The molecule has 0 saturated carbocycles. The molecule has 0 atom stereocenters. The fraction of sp³-hybridized carbons (Fsp3) is 0.320. The zero-order chi connectivity index (χ0) is 19.1. The number of nitrogens with zero attached hydrogens (tertiary/aromatic N) is 1. The van der Waals surface area contributed by atoms with Gasteiger partial charge in [-0.3, -0.25) is 0 Å². The van der Waals surface area contributed by atoms with Gasteiger partial charge in [-0.25, -0.2) is 4.57 Å². The van der Waals surface area contributed by atoms with E-state index < -0.39 is 8.07 Å². The van der Waals surface area contributed by atoms with Crippen LogP contribution in [0.25, 0.3) is 22.4 Å². The molecule has 1 saturated heterocycles. The molecule has 2 aromatic carbocycles. The highest BCUT2D eigenvalue weighted by Crippen LogP contribution is 2.37. The third kappa shape index (κ3) is 2.89. The fourth-order valence-electron chi connectivity index (χ4n) is 5.34. The van der Waals surface area contributed by atoms with Crippen LogP contribution in [0.15, 0.2) is 60.8 Å². The van der Waals surface area contributed by atoms with E-state index in [9.17, 15) is 0 Å². The van der Waals surface area contributed by atoms with Crippen LogP contribution in [-0.4, -0.2) is 14.6 Å². The number of hydrogen-bond acceptors (Lipinski definition) is 1. The third-order valence-corrected chi connectivity index (χ3v) is 12.3. The molecule has 2 aliphatic rings. The highest BCUT2D eigenvalue weighted by Gasteiger charge is 2.43. The topological polar surface area (TPSA) is 15.9 Å². The van der Waals surface area contributed by atoms with Crippen LogP contribution in [0, 0.1) is 6.92 Å². The molecule has 3 aromatic rings. The van der Waals surface area contributed by atoms with Crippen molar-refractivity contribution in [1.29, 1.82) is 0 Å². The van der Waals surface area contributed by atoms with E-state index in [0.29, 0.717) is 0 Å².